The summed E-state index contributed by atoms with van der Waals surface area (Å²) >= 11 is 3.75. The van der Waals surface area contributed by atoms with Crippen LogP contribution in [0.15, 0.2) is 30.3 Å². The van der Waals surface area contributed by atoms with Gasteiger partial charge in [-0.3, -0.25) is 4.79 Å². The molecule has 1 rings (SSSR count). The van der Waals surface area contributed by atoms with E-state index in [1.807, 2.05) is 18.2 Å². The van der Waals surface area contributed by atoms with Crippen LogP contribution in [0.25, 0.3) is 0 Å². The Bertz CT molecular complexity index is 293. The zero-order chi connectivity index (χ0) is 9.90. The van der Waals surface area contributed by atoms with Gasteiger partial charge in [-0.05, 0) is 26.0 Å². The molecule has 13 heavy (non-hydrogen) atoms. The SMILES string of the molecule is CC(C)(Oc1ccccc1)C(=O)S. The third-order valence-corrected chi connectivity index (χ3v) is 2.17. The van der Waals surface area contributed by atoms with Gasteiger partial charge in [0.25, 0.3) is 0 Å². The maximum atomic E-state index is 11.0. The van der Waals surface area contributed by atoms with Crippen molar-refractivity contribution in [3.8, 4) is 5.75 Å². The van der Waals surface area contributed by atoms with Crippen molar-refractivity contribution >= 4 is 17.7 Å². The van der Waals surface area contributed by atoms with Crippen molar-refractivity contribution in [2.45, 2.75) is 19.4 Å². The van der Waals surface area contributed by atoms with Gasteiger partial charge in [0.2, 0.25) is 5.12 Å². The van der Waals surface area contributed by atoms with Gasteiger partial charge in [0.1, 0.15) is 5.75 Å². The predicted octanol–water partition coefficient (Wildman–Crippen LogP) is 2.30. The smallest absolute Gasteiger partial charge is 0.228 e. The molecule has 0 radical (unpaired) electrons. The third kappa shape index (κ3) is 2.77. The van der Waals surface area contributed by atoms with E-state index in [9.17, 15) is 4.79 Å². The fourth-order valence-corrected chi connectivity index (χ4v) is 0.872. The van der Waals surface area contributed by atoms with Gasteiger partial charge >= 0.3 is 0 Å². The number of benzene rings is 1. The molecule has 0 aliphatic rings. The molecule has 0 fully saturated rings. The van der Waals surface area contributed by atoms with Crippen LogP contribution in [0.5, 0.6) is 5.75 Å². The summed E-state index contributed by atoms with van der Waals surface area (Å²) in [6.07, 6.45) is 0. The molecule has 0 N–H and O–H groups in total. The Balaban J connectivity index is 2.75. The largest absolute Gasteiger partial charge is 0.479 e. The predicted molar refractivity (Wildman–Crippen MR) is 55.1 cm³/mol. The van der Waals surface area contributed by atoms with Crippen molar-refractivity contribution in [1.82, 2.24) is 0 Å². The second-order valence-corrected chi connectivity index (χ2v) is 3.64. The molecule has 0 heterocycles. The Hall–Kier alpha value is -0.960. The van der Waals surface area contributed by atoms with Gasteiger partial charge in [-0.25, -0.2) is 0 Å². The number of carbonyl (C=O) groups is 1. The lowest BCUT2D eigenvalue weighted by atomic mass is 10.1. The van der Waals surface area contributed by atoms with Crippen LogP contribution in [0.1, 0.15) is 13.8 Å². The van der Waals surface area contributed by atoms with Crippen LogP contribution in [0.2, 0.25) is 0 Å². The lowest BCUT2D eigenvalue weighted by molar-refractivity contribution is -0.122. The Labute approximate surface area is 83.3 Å². The van der Waals surface area contributed by atoms with Gasteiger partial charge in [0, 0.05) is 0 Å². The lowest BCUT2D eigenvalue weighted by Gasteiger charge is -2.22. The summed E-state index contributed by atoms with van der Waals surface area (Å²) in [4.78, 5) is 11.0. The third-order valence-electron chi connectivity index (χ3n) is 1.63. The second kappa shape index (κ2) is 3.83. The minimum Gasteiger partial charge on any atom is -0.479 e. The van der Waals surface area contributed by atoms with E-state index in [0.29, 0.717) is 5.75 Å². The first-order chi connectivity index (χ1) is 6.02. The van der Waals surface area contributed by atoms with Crippen molar-refractivity contribution in [2.75, 3.05) is 0 Å². The van der Waals surface area contributed by atoms with Crippen LogP contribution >= 0.6 is 12.6 Å². The van der Waals surface area contributed by atoms with Crippen molar-refractivity contribution in [1.29, 1.82) is 0 Å². The van der Waals surface area contributed by atoms with E-state index < -0.39 is 5.60 Å². The number of hydrogen-bond donors (Lipinski definition) is 1. The number of para-hydroxylation sites is 1. The average Bonchev–Trinajstić information content (AvgIpc) is 2.05. The minimum atomic E-state index is -0.871. The van der Waals surface area contributed by atoms with Crippen LogP contribution in [0.4, 0.5) is 0 Å². The fourth-order valence-electron chi connectivity index (χ4n) is 0.827. The Morgan fingerprint density at radius 3 is 2.31 bits per heavy atom. The summed E-state index contributed by atoms with van der Waals surface area (Å²) in [6, 6.07) is 9.21. The molecule has 0 spiro atoms. The molecular formula is C10H12O2S. The normalized spacial score (nSPS) is 11.0. The quantitative estimate of drug-likeness (QED) is 0.751. The van der Waals surface area contributed by atoms with E-state index in [0.717, 1.165) is 0 Å². The van der Waals surface area contributed by atoms with Gasteiger partial charge in [-0.15, -0.1) is 12.6 Å². The number of carbonyl (C=O) groups excluding carboxylic acids is 1. The molecule has 0 saturated carbocycles. The summed E-state index contributed by atoms with van der Waals surface area (Å²) in [5, 5.41) is -0.281. The molecule has 0 atom stereocenters. The number of thiol groups is 1. The second-order valence-electron chi connectivity index (χ2n) is 3.23. The highest BCUT2D eigenvalue weighted by Crippen LogP contribution is 2.19. The molecule has 0 saturated heterocycles. The highest BCUT2D eigenvalue weighted by Gasteiger charge is 2.26. The van der Waals surface area contributed by atoms with E-state index in [1.165, 1.54) is 0 Å². The summed E-state index contributed by atoms with van der Waals surface area (Å²) in [6.45, 7) is 3.38. The average molecular weight is 196 g/mol. The summed E-state index contributed by atoms with van der Waals surface area (Å²) in [5.74, 6) is 0.676. The fraction of sp³-hybridized carbons (Fsp3) is 0.300. The Morgan fingerprint density at radius 1 is 1.31 bits per heavy atom. The summed E-state index contributed by atoms with van der Waals surface area (Å²) in [5.41, 5.74) is -0.871. The van der Waals surface area contributed by atoms with Crippen molar-refractivity contribution in [3.63, 3.8) is 0 Å². The molecule has 0 amide bonds. The molecule has 0 aromatic heterocycles. The van der Waals surface area contributed by atoms with Crippen LogP contribution in [-0.2, 0) is 4.79 Å². The molecule has 0 unspecified atom stereocenters. The van der Waals surface area contributed by atoms with Gasteiger partial charge < -0.3 is 4.74 Å². The minimum absolute atomic E-state index is 0.281. The van der Waals surface area contributed by atoms with Crippen LogP contribution in [-0.4, -0.2) is 10.7 Å². The van der Waals surface area contributed by atoms with E-state index in [-0.39, 0.29) is 5.12 Å². The first-order valence-corrected chi connectivity index (χ1v) is 4.44. The molecule has 3 heteroatoms. The Morgan fingerprint density at radius 2 is 1.85 bits per heavy atom. The monoisotopic (exact) mass is 196 g/mol. The summed E-state index contributed by atoms with van der Waals surface area (Å²) < 4.78 is 5.44. The molecule has 1 aromatic carbocycles. The molecule has 0 bridgehead atoms. The maximum absolute atomic E-state index is 11.0. The first kappa shape index (κ1) is 10.1. The van der Waals surface area contributed by atoms with Crippen LogP contribution in [0, 0.1) is 0 Å². The zero-order valence-corrected chi connectivity index (χ0v) is 8.54. The highest BCUT2D eigenvalue weighted by atomic mass is 32.1. The van der Waals surface area contributed by atoms with Crippen LogP contribution in [0.3, 0.4) is 0 Å². The van der Waals surface area contributed by atoms with Crippen LogP contribution < -0.4 is 4.74 Å². The molecule has 70 valence electrons. The van der Waals surface area contributed by atoms with Gasteiger partial charge in [-0.1, -0.05) is 18.2 Å². The topological polar surface area (TPSA) is 26.3 Å². The lowest BCUT2D eigenvalue weighted by Crippen LogP contribution is -2.34. The first-order valence-electron chi connectivity index (χ1n) is 4.00. The van der Waals surface area contributed by atoms with E-state index in [1.54, 1.807) is 26.0 Å². The maximum Gasteiger partial charge on any atom is 0.228 e. The van der Waals surface area contributed by atoms with E-state index in [4.69, 9.17) is 4.74 Å². The van der Waals surface area contributed by atoms with Crippen molar-refractivity contribution in [2.24, 2.45) is 0 Å². The standard InChI is InChI=1S/C10H12O2S/c1-10(2,9(11)13)12-8-6-4-3-5-7-8/h3-7H,1-2H3,(H,11,13). The highest BCUT2D eigenvalue weighted by molar-refractivity contribution is 7.96. The summed E-state index contributed by atoms with van der Waals surface area (Å²) in [7, 11) is 0. The van der Waals surface area contributed by atoms with Gasteiger partial charge in [0.05, 0.1) is 0 Å². The molecule has 0 aliphatic carbocycles. The Kier molecular flexibility index (Phi) is 2.98. The van der Waals surface area contributed by atoms with Crippen molar-refractivity contribution in [3.05, 3.63) is 30.3 Å². The van der Waals surface area contributed by atoms with Gasteiger partial charge in [0.15, 0.2) is 5.60 Å². The molecule has 0 aliphatic heterocycles. The number of hydrogen-bond acceptors (Lipinski definition) is 2. The van der Waals surface area contributed by atoms with E-state index in [2.05, 4.69) is 12.6 Å². The molecule has 1 aromatic rings. The molecular weight excluding hydrogens is 184 g/mol. The van der Waals surface area contributed by atoms with Gasteiger partial charge in [-0.2, -0.15) is 0 Å². The van der Waals surface area contributed by atoms with Crippen molar-refractivity contribution < 1.29 is 9.53 Å². The number of ether oxygens (including phenoxy) is 1. The zero-order valence-electron chi connectivity index (χ0n) is 7.65. The molecule has 2 nitrogen and oxygen atoms in total. The van der Waals surface area contributed by atoms with E-state index >= 15 is 0 Å². The number of rotatable bonds is 3.